The van der Waals surface area contributed by atoms with Gasteiger partial charge in [0.2, 0.25) is 5.91 Å². The summed E-state index contributed by atoms with van der Waals surface area (Å²) >= 11 is 0. The molecule has 0 aromatic carbocycles. The fraction of sp³-hybridized carbons (Fsp3) is 0.636. The first-order valence-corrected chi connectivity index (χ1v) is 5.99. The first kappa shape index (κ1) is 17.7. The number of carbonyl (C=O) groups excluding carboxylic acids is 3. The van der Waals surface area contributed by atoms with E-state index >= 15 is 0 Å². The Morgan fingerprint density at radius 2 is 1.90 bits per heavy atom. The van der Waals surface area contributed by atoms with Crippen LogP contribution in [-0.4, -0.2) is 48.7 Å². The van der Waals surface area contributed by atoms with Crippen LogP contribution in [0.3, 0.4) is 0 Å². The van der Waals surface area contributed by atoms with E-state index < -0.39 is 29.9 Å². The number of carboxylic acids is 1. The molecule has 0 aromatic rings. The third-order valence-corrected chi connectivity index (χ3v) is 2.35. The Morgan fingerprint density at radius 1 is 1.25 bits per heavy atom. The number of ether oxygens (including phenoxy) is 1. The maximum atomic E-state index is 11.4. The molecule has 0 aliphatic heterocycles. The van der Waals surface area contributed by atoms with Gasteiger partial charge in [-0.15, -0.1) is 0 Å². The van der Waals surface area contributed by atoms with Crippen molar-refractivity contribution in [3.05, 3.63) is 0 Å². The van der Waals surface area contributed by atoms with E-state index in [0.29, 0.717) is 6.42 Å². The molecule has 0 radical (unpaired) electrons. The van der Waals surface area contributed by atoms with Crippen molar-refractivity contribution in [3.8, 4) is 0 Å². The fourth-order valence-corrected chi connectivity index (χ4v) is 1.30. The van der Waals surface area contributed by atoms with Crippen LogP contribution in [0.5, 0.6) is 0 Å². The number of carbonyl (C=O) groups is 4. The van der Waals surface area contributed by atoms with Gasteiger partial charge in [-0.05, 0) is 12.8 Å². The Labute approximate surface area is 115 Å². The third-order valence-electron chi connectivity index (χ3n) is 2.35. The van der Waals surface area contributed by atoms with Gasteiger partial charge in [-0.1, -0.05) is 0 Å². The van der Waals surface area contributed by atoms with Gasteiger partial charge in [0.05, 0.1) is 7.11 Å². The molecule has 0 saturated heterocycles. The van der Waals surface area contributed by atoms with Crippen LogP contribution in [0.2, 0.25) is 0 Å². The van der Waals surface area contributed by atoms with Crippen LogP contribution in [0.15, 0.2) is 0 Å². The van der Waals surface area contributed by atoms with Crippen LogP contribution in [-0.2, 0) is 19.1 Å². The Hall–Kier alpha value is -2.32. The molecule has 3 amide bonds. The average Bonchev–Trinajstić information content (AvgIpc) is 2.38. The summed E-state index contributed by atoms with van der Waals surface area (Å²) in [5.41, 5.74) is 4.92. The third kappa shape index (κ3) is 8.72. The largest absolute Gasteiger partial charge is 0.480 e. The Morgan fingerprint density at radius 3 is 2.40 bits per heavy atom. The average molecular weight is 289 g/mol. The minimum Gasteiger partial charge on any atom is -0.480 e. The van der Waals surface area contributed by atoms with E-state index in [-0.39, 0.29) is 25.8 Å². The van der Waals surface area contributed by atoms with Crippen molar-refractivity contribution in [1.29, 1.82) is 0 Å². The van der Waals surface area contributed by atoms with E-state index in [0.717, 1.165) is 0 Å². The number of nitrogens with two attached hydrogens (primary N) is 1. The summed E-state index contributed by atoms with van der Waals surface area (Å²) < 4.78 is 4.38. The van der Waals surface area contributed by atoms with E-state index in [1.165, 1.54) is 7.11 Å². The number of methoxy groups -OCH3 is 1. The predicted molar refractivity (Wildman–Crippen MR) is 67.6 cm³/mol. The number of rotatable bonds is 9. The molecular weight excluding hydrogens is 270 g/mol. The second-order valence-electron chi connectivity index (χ2n) is 3.98. The van der Waals surface area contributed by atoms with Gasteiger partial charge in [0.25, 0.3) is 0 Å². The molecule has 0 aromatic heterocycles. The van der Waals surface area contributed by atoms with E-state index in [9.17, 15) is 19.2 Å². The first-order chi connectivity index (χ1) is 9.36. The van der Waals surface area contributed by atoms with Gasteiger partial charge in [0.1, 0.15) is 6.04 Å². The normalized spacial score (nSPS) is 11.2. The van der Waals surface area contributed by atoms with Crippen LogP contribution >= 0.6 is 0 Å². The predicted octanol–water partition coefficient (Wildman–Crippen LogP) is -1.04. The molecule has 0 bridgehead atoms. The van der Waals surface area contributed by atoms with E-state index in [1.807, 2.05) is 0 Å². The highest BCUT2D eigenvalue weighted by molar-refractivity contribution is 5.83. The molecule has 1 atom stereocenters. The summed E-state index contributed by atoms with van der Waals surface area (Å²) in [5, 5.41) is 13.5. The standard InChI is InChI=1S/C11H19N3O6/c1-20-9(16)5-4-7(10(17)18)14-11(19)13-6-2-3-8(12)15/h7H,2-6H2,1H3,(H2,12,15)(H,17,18)(H2,13,14,19)/t7-/m0/s1. The quantitative estimate of drug-likeness (QED) is 0.314. The molecule has 0 spiro atoms. The number of hydrogen-bond donors (Lipinski definition) is 4. The molecule has 9 heteroatoms. The lowest BCUT2D eigenvalue weighted by Gasteiger charge is -2.14. The maximum absolute atomic E-state index is 11.4. The van der Waals surface area contributed by atoms with Crippen LogP contribution in [0.1, 0.15) is 25.7 Å². The molecule has 0 unspecified atom stereocenters. The summed E-state index contributed by atoms with van der Waals surface area (Å²) in [6.07, 6.45) is 0.305. The zero-order chi connectivity index (χ0) is 15.5. The van der Waals surface area contributed by atoms with Gasteiger partial charge >= 0.3 is 18.0 Å². The highest BCUT2D eigenvalue weighted by Crippen LogP contribution is 1.99. The molecule has 0 aliphatic rings. The number of aliphatic carboxylic acids is 1. The Balaban J connectivity index is 4.04. The molecule has 114 valence electrons. The molecule has 9 nitrogen and oxygen atoms in total. The number of primary amides is 1. The fourth-order valence-electron chi connectivity index (χ4n) is 1.30. The zero-order valence-electron chi connectivity index (χ0n) is 11.2. The van der Waals surface area contributed by atoms with Gasteiger partial charge < -0.3 is 26.2 Å². The van der Waals surface area contributed by atoms with Crippen LogP contribution < -0.4 is 16.4 Å². The molecular formula is C11H19N3O6. The van der Waals surface area contributed by atoms with Gasteiger partial charge in [-0.2, -0.15) is 0 Å². The lowest BCUT2D eigenvalue weighted by Crippen LogP contribution is -2.46. The highest BCUT2D eigenvalue weighted by Gasteiger charge is 2.20. The lowest BCUT2D eigenvalue weighted by atomic mass is 10.1. The lowest BCUT2D eigenvalue weighted by molar-refractivity contribution is -0.142. The summed E-state index contributed by atoms with van der Waals surface area (Å²) in [5.74, 6) is -2.28. The number of carboxylic acid groups (broad SMARTS) is 1. The second kappa shape index (κ2) is 9.59. The number of nitrogens with one attached hydrogen (secondary N) is 2. The van der Waals surface area contributed by atoms with Crippen LogP contribution in [0.4, 0.5) is 4.79 Å². The van der Waals surface area contributed by atoms with Gasteiger partial charge in [-0.25, -0.2) is 9.59 Å². The van der Waals surface area contributed by atoms with Crippen molar-refractivity contribution in [2.45, 2.75) is 31.7 Å². The van der Waals surface area contributed by atoms with Gasteiger partial charge in [-0.3, -0.25) is 9.59 Å². The van der Waals surface area contributed by atoms with E-state index in [2.05, 4.69) is 15.4 Å². The summed E-state index contributed by atoms with van der Waals surface area (Å²) in [4.78, 5) is 43.7. The van der Waals surface area contributed by atoms with Crippen molar-refractivity contribution in [1.82, 2.24) is 10.6 Å². The van der Waals surface area contributed by atoms with Crippen molar-refractivity contribution in [2.24, 2.45) is 5.73 Å². The molecule has 0 aliphatic carbocycles. The van der Waals surface area contributed by atoms with Crippen molar-refractivity contribution in [2.75, 3.05) is 13.7 Å². The minimum absolute atomic E-state index is 0.0727. The number of amides is 3. The second-order valence-corrected chi connectivity index (χ2v) is 3.98. The van der Waals surface area contributed by atoms with Crippen LogP contribution in [0.25, 0.3) is 0 Å². The summed E-state index contributed by atoms with van der Waals surface area (Å²) in [6.45, 7) is 0.193. The first-order valence-electron chi connectivity index (χ1n) is 5.99. The van der Waals surface area contributed by atoms with Crippen LogP contribution in [0, 0.1) is 0 Å². The number of esters is 1. The van der Waals surface area contributed by atoms with Gasteiger partial charge in [0.15, 0.2) is 0 Å². The van der Waals surface area contributed by atoms with E-state index in [4.69, 9.17) is 10.8 Å². The number of urea groups is 1. The van der Waals surface area contributed by atoms with E-state index in [1.54, 1.807) is 0 Å². The molecule has 5 N–H and O–H groups in total. The maximum Gasteiger partial charge on any atom is 0.326 e. The van der Waals surface area contributed by atoms with Gasteiger partial charge in [0, 0.05) is 19.4 Å². The summed E-state index contributed by atoms with van der Waals surface area (Å²) in [7, 11) is 1.19. The van der Waals surface area contributed by atoms with Crippen molar-refractivity contribution in [3.63, 3.8) is 0 Å². The molecule has 0 rings (SSSR count). The minimum atomic E-state index is -1.25. The van der Waals surface area contributed by atoms with Crippen molar-refractivity contribution < 1.29 is 29.0 Å². The van der Waals surface area contributed by atoms with Crippen molar-refractivity contribution >= 4 is 23.9 Å². The zero-order valence-corrected chi connectivity index (χ0v) is 11.2. The topological polar surface area (TPSA) is 148 Å². The number of hydrogen-bond acceptors (Lipinski definition) is 5. The Bertz CT molecular complexity index is 371. The molecule has 0 fully saturated rings. The molecule has 20 heavy (non-hydrogen) atoms. The summed E-state index contributed by atoms with van der Waals surface area (Å²) in [6, 6.07) is -1.88. The Kier molecular flexibility index (Phi) is 8.48. The monoisotopic (exact) mass is 289 g/mol. The highest BCUT2D eigenvalue weighted by atomic mass is 16.5. The molecule has 0 saturated carbocycles. The smallest absolute Gasteiger partial charge is 0.326 e. The molecule has 0 heterocycles. The SMILES string of the molecule is COC(=O)CC[C@H](NC(=O)NCCCC(N)=O)C(=O)O.